The van der Waals surface area contributed by atoms with E-state index in [1.54, 1.807) is 25.2 Å². The number of hydrogen-bond donors (Lipinski definition) is 2. The highest BCUT2D eigenvalue weighted by Gasteiger charge is 2.72. The monoisotopic (exact) mass is 674 g/mol. The number of sulfonamides is 1. The maximum atomic E-state index is 15.6. The third-order valence-corrected chi connectivity index (χ3v) is 11.0. The van der Waals surface area contributed by atoms with Crippen LogP contribution in [0.15, 0.2) is 53.4 Å². The Labute approximate surface area is 273 Å². The summed E-state index contributed by atoms with van der Waals surface area (Å²) in [5.41, 5.74) is -0.639. The first-order chi connectivity index (χ1) is 21.8. The summed E-state index contributed by atoms with van der Waals surface area (Å²) < 4.78 is 52.2. The molecule has 246 valence electrons. The molecule has 1 saturated heterocycles. The molecule has 0 saturated carbocycles. The van der Waals surface area contributed by atoms with E-state index in [9.17, 15) is 18.3 Å². The second-order valence-corrected chi connectivity index (χ2v) is 13.6. The van der Waals surface area contributed by atoms with Crippen LogP contribution in [0.25, 0.3) is 0 Å². The van der Waals surface area contributed by atoms with E-state index in [0.29, 0.717) is 5.56 Å². The van der Waals surface area contributed by atoms with Crippen LogP contribution in [0.2, 0.25) is 5.02 Å². The number of anilines is 1. The molecule has 0 bridgehead atoms. The number of halogens is 1. The second-order valence-electron chi connectivity index (χ2n) is 11.5. The van der Waals surface area contributed by atoms with Gasteiger partial charge in [0, 0.05) is 18.5 Å². The number of aliphatic hydroxyl groups excluding tert-OH is 1. The van der Waals surface area contributed by atoms with E-state index in [4.69, 9.17) is 30.5 Å². The van der Waals surface area contributed by atoms with E-state index in [0.717, 1.165) is 9.87 Å². The smallest absolute Gasteiger partial charge is 0.312 e. The lowest BCUT2D eigenvalue weighted by Crippen LogP contribution is -2.69. The lowest BCUT2D eigenvalue weighted by molar-refractivity contribution is -0.953. The quantitative estimate of drug-likeness (QED) is 0.328. The average Bonchev–Trinajstić information content (AvgIpc) is 3.49. The summed E-state index contributed by atoms with van der Waals surface area (Å²) in [5.74, 6) is -0.975. The van der Waals surface area contributed by atoms with E-state index >= 15 is 4.79 Å². The Bertz CT molecular complexity index is 1840. The molecule has 46 heavy (non-hydrogen) atoms. The van der Waals surface area contributed by atoms with E-state index in [-0.39, 0.29) is 57.1 Å². The van der Waals surface area contributed by atoms with Gasteiger partial charge in [-0.25, -0.2) is 8.42 Å². The van der Waals surface area contributed by atoms with Crippen molar-refractivity contribution in [3.8, 4) is 23.0 Å². The molecule has 12 nitrogen and oxygen atoms in total. The minimum absolute atomic E-state index is 0.0157. The Balaban J connectivity index is 1.93. The summed E-state index contributed by atoms with van der Waals surface area (Å²) in [5, 5.41) is 14.0. The van der Waals surface area contributed by atoms with Crippen LogP contribution in [0, 0.1) is 6.92 Å². The highest BCUT2D eigenvalue weighted by molar-refractivity contribution is 7.93. The van der Waals surface area contributed by atoms with Gasteiger partial charge in [0.2, 0.25) is 11.3 Å². The van der Waals surface area contributed by atoms with Crippen molar-refractivity contribution in [1.82, 2.24) is 5.32 Å². The van der Waals surface area contributed by atoms with Crippen LogP contribution in [0.4, 0.5) is 5.69 Å². The zero-order valence-corrected chi connectivity index (χ0v) is 28.2. The maximum Gasteiger partial charge on any atom is 0.312 e. The molecule has 0 aliphatic carbocycles. The van der Waals surface area contributed by atoms with E-state index in [2.05, 4.69) is 5.32 Å². The van der Waals surface area contributed by atoms with Gasteiger partial charge in [0.15, 0.2) is 17.5 Å². The molecule has 5 rings (SSSR count). The summed E-state index contributed by atoms with van der Waals surface area (Å²) >= 11 is 6.60. The van der Waals surface area contributed by atoms with Crippen molar-refractivity contribution in [2.75, 3.05) is 53.4 Å². The summed E-state index contributed by atoms with van der Waals surface area (Å²) in [6.45, 7) is 1.76. The number of amides is 2. The number of hydrogen-bond acceptors (Lipinski definition) is 9. The zero-order chi connectivity index (χ0) is 33.8. The van der Waals surface area contributed by atoms with Crippen molar-refractivity contribution in [2.45, 2.75) is 35.9 Å². The standard InChI is InChI=1S/C32H36ClN3O9S/c1-18-8-11-25(42-4)22(14-18)32(36(3)17-20(37)16-24(36)30(38)34-2)21-15-19(33)9-10-23(21)35(31(32)39)46(40,41)27-13-12-26(43-5)28(44-6)29(27)45-7/h8-15,20,24,37H,16-17H2,1-7H3/p+1/t20-,24+,32?,36?/m1/s1. The fraction of sp³-hybridized carbons (Fsp3) is 0.375. The largest absolute Gasteiger partial charge is 0.496 e. The molecule has 3 aromatic rings. The third-order valence-electron chi connectivity index (χ3n) is 9.08. The molecule has 2 aliphatic rings. The molecule has 0 spiro atoms. The fourth-order valence-corrected chi connectivity index (χ4v) is 8.92. The van der Waals surface area contributed by atoms with Crippen LogP contribution in [0.5, 0.6) is 23.0 Å². The maximum absolute atomic E-state index is 15.6. The molecular weight excluding hydrogens is 638 g/mol. The van der Waals surface area contributed by atoms with Crippen LogP contribution in [0.3, 0.4) is 0 Å². The van der Waals surface area contributed by atoms with Crippen molar-refractivity contribution in [2.24, 2.45) is 0 Å². The Morgan fingerprint density at radius 1 is 0.978 bits per heavy atom. The lowest BCUT2D eigenvalue weighted by atomic mass is 9.78. The summed E-state index contributed by atoms with van der Waals surface area (Å²) in [6, 6.07) is 11.4. The van der Waals surface area contributed by atoms with Crippen molar-refractivity contribution >= 4 is 39.1 Å². The summed E-state index contributed by atoms with van der Waals surface area (Å²) in [7, 11) is 3.84. The SMILES string of the molecule is CNC(=O)[C@@H]1C[C@@H](O)C[N+]1(C)C1(c2cc(C)ccc2OC)C(=O)N(S(=O)(=O)c2ccc(OC)c(OC)c2OC)c2ccc(Cl)cc21. The Kier molecular flexibility index (Phi) is 8.66. The third kappa shape index (κ3) is 4.59. The van der Waals surface area contributed by atoms with Gasteiger partial charge in [-0.15, -0.1) is 0 Å². The Morgan fingerprint density at radius 2 is 1.63 bits per heavy atom. The number of carbonyl (C=O) groups is 2. The lowest BCUT2D eigenvalue weighted by Gasteiger charge is -2.48. The van der Waals surface area contributed by atoms with Crippen molar-refractivity contribution in [3.63, 3.8) is 0 Å². The topological polar surface area (TPSA) is 141 Å². The number of nitrogens with one attached hydrogen (secondary N) is 1. The molecule has 2 amide bonds. The molecule has 2 N–H and O–H groups in total. The molecule has 0 aromatic heterocycles. The number of likely N-dealkylation sites (N-methyl/N-ethyl adjacent to an activating group) is 2. The number of carbonyl (C=O) groups excluding carboxylic acids is 2. The zero-order valence-electron chi connectivity index (χ0n) is 26.6. The number of benzene rings is 3. The van der Waals surface area contributed by atoms with Gasteiger partial charge in [0.1, 0.15) is 23.3 Å². The number of methoxy groups -OCH3 is 4. The number of likely N-dealkylation sites (tertiary alicyclic amines) is 1. The van der Waals surface area contributed by atoms with Crippen LogP contribution in [-0.4, -0.2) is 91.0 Å². The number of fused-ring (bicyclic) bond motifs is 1. The van der Waals surface area contributed by atoms with E-state index in [1.165, 1.54) is 65.8 Å². The number of ether oxygens (including phenoxy) is 4. The van der Waals surface area contributed by atoms with Crippen LogP contribution < -0.4 is 28.6 Å². The van der Waals surface area contributed by atoms with Gasteiger partial charge in [-0.1, -0.05) is 23.2 Å². The van der Waals surface area contributed by atoms with E-state index < -0.39 is 44.0 Å². The van der Waals surface area contributed by atoms with Crippen molar-refractivity contribution in [1.29, 1.82) is 0 Å². The van der Waals surface area contributed by atoms with Crippen molar-refractivity contribution < 1.29 is 46.5 Å². The Hall–Kier alpha value is -4.04. The number of nitrogens with zero attached hydrogens (tertiary/aromatic N) is 2. The molecule has 2 aliphatic heterocycles. The number of aryl methyl sites for hydroxylation is 1. The minimum Gasteiger partial charge on any atom is -0.496 e. The van der Waals surface area contributed by atoms with Crippen molar-refractivity contribution in [3.05, 3.63) is 70.2 Å². The molecular formula is C32H37ClN3O9S+. The summed E-state index contributed by atoms with van der Waals surface area (Å²) in [6.07, 6.45) is -0.974. The van der Waals surface area contributed by atoms with Crippen LogP contribution in [0.1, 0.15) is 23.1 Å². The average molecular weight is 675 g/mol. The predicted octanol–water partition coefficient (Wildman–Crippen LogP) is 2.99. The highest BCUT2D eigenvalue weighted by atomic mass is 35.5. The number of quaternary nitrogens is 1. The van der Waals surface area contributed by atoms with Crippen LogP contribution in [-0.2, 0) is 25.2 Å². The molecule has 3 aromatic carbocycles. The van der Waals surface area contributed by atoms with E-state index in [1.807, 2.05) is 6.92 Å². The van der Waals surface area contributed by atoms with Gasteiger partial charge < -0.3 is 29.4 Å². The first kappa shape index (κ1) is 33.3. The fourth-order valence-electron chi connectivity index (χ4n) is 7.13. The molecule has 0 radical (unpaired) electrons. The number of aliphatic hydroxyl groups is 1. The molecule has 4 atom stereocenters. The molecule has 2 heterocycles. The number of rotatable bonds is 9. The van der Waals surface area contributed by atoms with Gasteiger partial charge in [-0.2, -0.15) is 4.31 Å². The summed E-state index contributed by atoms with van der Waals surface area (Å²) in [4.78, 5) is 28.7. The molecule has 14 heteroatoms. The minimum atomic E-state index is -4.77. The normalized spacial score (nSPS) is 24.0. The molecule has 2 unspecified atom stereocenters. The first-order valence-corrected chi connectivity index (χ1v) is 16.2. The van der Waals surface area contributed by atoms with Crippen LogP contribution >= 0.6 is 11.6 Å². The van der Waals surface area contributed by atoms with Gasteiger partial charge in [0.05, 0.1) is 52.3 Å². The molecule has 1 fully saturated rings. The van der Waals surface area contributed by atoms with Gasteiger partial charge in [-0.3, -0.25) is 14.1 Å². The first-order valence-electron chi connectivity index (χ1n) is 14.4. The van der Waals surface area contributed by atoms with Gasteiger partial charge in [-0.05, 0) is 49.4 Å². The predicted molar refractivity (Wildman–Crippen MR) is 170 cm³/mol. The Morgan fingerprint density at radius 3 is 2.24 bits per heavy atom. The highest BCUT2D eigenvalue weighted by Crippen LogP contribution is 2.58. The van der Waals surface area contributed by atoms with Gasteiger partial charge in [0.25, 0.3) is 15.9 Å². The second kappa shape index (κ2) is 12.0. The van der Waals surface area contributed by atoms with Gasteiger partial charge >= 0.3 is 5.91 Å².